The smallest absolute Gasteiger partial charge is 0.335 e. The number of hydrogen-bond acceptors (Lipinski definition) is 5. The number of carboxylic acid groups (broad SMARTS) is 1. The van der Waals surface area contributed by atoms with E-state index in [4.69, 9.17) is 4.98 Å². The molecule has 1 aliphatic carbocycles. The van der Waals surface area contributed by atoms with Gasteiger partial charge in [0.05, 0.1) is 23.3 Å². The normalized spacial score (nSPS) is 20.6. The number of nitrogens with one attached hydrogen (secondary N) is 1. The van der Waals surface area contributed by atoms with E-state index in [2.05, 4.69) is 16.3 Å². The molecule has 0 spiro atoms. The molecule has 0 atom stereocenters. The highest BCUT2D eigenvalue weighted by molar-refractivity contribution is 5.94. The first-order valence-electron chi connectivity index (χ1n) is 10.6. The van der Waals surface area contributed by atoms with Gasteiger partial charge in [-0.1, -0.05) is 13.8 Å². The molecule has 9 heteroatoms. The van der Waals surface area contributed by atoms with E-state index in [9.17, 15) is 24.7 Å². The van der Waals surface area contributed by atoms with E-state index >= 15 is 0 Å². The Morgan fingerprint density at radius 2 is 2.06 bits per heavy atom. The Hall–Kier alpha value is -3.77. The molecular formula is C24H22FN5O3. The number of nitriles is 1. The summed E-state index contributed by atoms with van der Waals surface area (Å²) in [4.78, 5) is 16.4. The summed E-state index contributed by atoms with van der Waals surface area (Å²) in [6, 6.07) is 10.3. The lowest BCUT2D eigenvalue weighted by Gasteiger charge is -2.41. The average Bonchev–Trinajstić information content (AvgIpc) is 3.32. The van der Waals surface area contributed by atoms with Crippen molar-refractivity contribution >= 4 is 28.0 Å². The number of aromatic nitrogens is 4. The van der Waals surface area contributed by atoms with Gasteiger partial charge in [0.15, 0.2) is 11.2 Å². The Kier molecular flexibility index (Phi) is 4.55. The monoisotopic (exact) mass is 447 g/mol. The van der Waals surface area contributed by atoms with Crippen LogP contribution in [0.4, 0.5) is 4.39 Å². The molecule has 1 saturated carbocycles. The molecule has 33 heavy (non-hydrogen) atoms. The number of aliphatic carboxylic acids is 1. The van der Waals surface area contributed by atoms with Gasteiger partial charge in [-0.3, -0.25) is 5.10 Å². The van der Waals surface area contributed by atoms with Gasteiger partial charge >= 0.3 is 5.97 Å². The fraction of sp³-hybridized carbons (Fsp3) is 0.333. The third-order valence-electron chi connectivity index (χ3n) is 6.60. The Balaban J connectivity index is 1.86. The molecule has 1 fully saturated rings. The number of nitrogens with zero attached hydrogens (tertiary/aromatic N) is 4. The van der Waals surface area contributed by atoms with Gasteiger partial charge in [-0.25, -0.2) is 14.2 Å². The first-order chi connectivity index (χ1) is 15.6. The van der Waals surface area contributed by atoms with Gasteiger partial charge in [0.25, 0.3) is 0 Å². The minimum atomic E-state index is -1.79. The van der Waals surface area contributed by atoms with E-state index in [-0.39, 0.29) is 31.0 Å². The van der Waals surface area contributed by atoms with Crippen LogP contribution in [0.3, 0.4) is 0 Å². The van der Waals surface area contributed by atoms with E-state index in [1.165, 1.54) is 12.1 Å². The van der Waals surface area contributed by atoms with Crippen LogP contribution in [-0.2, 0) is 10.2 Å². The summed E-state index contributed by atoms with van der Waals surface area (Å²) < 4.78 is 15.7. The fourth-order valence-corrected chi connectivity index (χ4v) is 4.92. The van der Waals surface area contributed by atoms with Crippen molar-refractivity contribution in [2.45, 2.75) is 50.0 Å². The molecule has 3 aromatic heterocycles. The summed E-state index contributed by atoms with van der Waals surface area (Å²) in [5, 5.41) is 37.2. The summed E-state index contributed by atoms with van der Waals surface area (Å²) in [5.41, 5.74) is 1.86. The quantitative estimate of drug-likeness (QED) is 0.425. The van der Waals surface area contributed by atoms with E-state index in [1.807, 2.05) is 24.5 Å². The van der Waals surface area contributed by atoms with Crippen LogP contribution < -0.4 is 0 Å². The minimum Gasteiger partial charge on any atom is -0.479 e. The topological polar surface area (TPSA) is 128 Å². The maximum atomic E-state index is 13.7. The van der Waals surface area contributed by atoms with Crippen molar-refractivity contribution in [2.75, 3.05) is 0 Å². The highest BCUT2D eigenvalue weighted by atomic mass is 19.1. The number of hydrogen-bond donors (Lipinski definition) is 3. The first-order valence-corrected chi connectivity index (χ1v) is 10.6. The minimum absolute atomic E-state index is 0.0448. The van der Waals surface area contributed by atoms with Crippen LogP contribution in [0.1, 0.15) is 50.3 Å². The standard InChI is InChI=1S/C24H22FN5O3/c1-23(2,7-8-26)20-18(14-10-24(33,11-14)22(31)32)19-17(9-13-12-27-29-21(13)28-19)30(20)16-5-3-15(25)4-6-16/h3-6,9,12,14,33H,7,10-11H2,1-2H3,(H,31,32)(H,27,28,29)/t14-,24+. The zero-order valence-electron chi connectivity index (χ0n) is 18.1. The van der Waals surface area contributed by atoms with E-state index in [0.29, 0.717) is 16.9 Å². The van der Waals surface area contributed by atoms with Crippen LogP contribution in [-0.4, -0.2) is 41.5 Å². The average molecular weight is 447 g/mol. The van der Waals surface area contributed by atoms with Crippen molar-refractivity contribution in [3.8, 4) is 11.8 Å². The summed E-state index contributed by atoms with van der Waals surface area (Å²) >= 11 is 0. The number of rotatable bonds is 5. The predicted molar refractivity (Wildman–Crippen MR) is 118 cm³/mol. The molecule has 1 aromatic carbocycles. The van der Waals surface area contributed by atoms with Crippen molar-refractivity contribution in [2.24, 2.45) is 0 Å². The lowest BCUT2D eigenvalue weighted by Crippen LogP contribution is -2.49. The molecule has 5 rings (SSSR count). The van der Waals surface area contributed by atoms with E-state index in [0.717, 1.165) is 22.2 Å². The summed E-state index contributed by atoms with van der Waals surface area (Å²) in [7, 11) is 0. The van der Waals surface area contributed by atoms with E-state index in [1.54, 1.807) is 18.3 Å². The van der Waals surface area contributed by atoms with Crippen molar-refractivity contribution in [3.05, 3.63) is 53.6 Å². The number of halogens is 1. The number of pyridine rings is 1. The zero-order valence-corrected chi connectivity index (χ0v) is 18.1. The number of carbonyl (C=O) groups is 1. The maximum Gasteiger partial charge on any atom is 0.335 e. The summed E-state index contributed by atoms with van der Waals surface area (Å²) in [6.45, 7) is 3.90. The van der Waals surface area contributed by atoms with Crippen LogP contribution in [0.25, 0.3) is 27.8 Å². The van der Waals surface area contributed by atoms with Crippen molar-refractivity contribution in [3.63, 3.8) is 0 Å². The Bertz CT molecular complexity index is 1440. The largest absolute Gasteiger partial charge is 0.479 e. The number of aliphatic hydroxyl groups is 1. The highest BCUT2D eigenvalue weighted by Crippen LogP contribution is 2.51. The van der Waals surface area contributed by atoms with Gasteiger partial charge in [0.1, 0.15) is 5.82 Å². The number of fused-ring (bicyclic) bond motifs is 2. The number of carboxylic acids is 1. The molecule has 0 bridgehead atoms. The predicted octanol–water partition coefficient (Wildman–Crippen LogP) is 3.93. The van der Waals surface area contributed by atoms with Gasteiger partial charge < -0.3 is 14.8 Å². The second kappa shape index (κ2) is 7.12. The van der Waals surface area contributed by atoms with Crippen molar-refractivity contribution < 1.29 is 19.4 Å². The molecular weight excluding hydrogens is 425 g/mol. The van der Waals surface area contributed by atoms with Gasteiger partial charge in [-0.05, 0) is 49.1 Å². The lowest BCUT2D eigenvalue weighted by molar-refractivity contribution is -0.169. The van der Waals surface area contributed by atoms with Crippen LogP contribution in [0.15, 0.2) is 36.5 Å². The molecule has 0 unspecified atom stereocenters. The molecule has 1 aliphatic rings. The number of aromatic amines is 1. The summed E-state index contributed by atoms with van der Waals surface area (Å²) in [6.07, 6.45) is 1.95. The number of benzene rings is 1. The Morgan fingerprint density at radius 3 is 2.70 bits per heavy atom. The molecule has 3 N–H and O–H groups in total. The molecule has 0 amide bonds. The molecule has 0 saturated heterocycles. The van der Waals surface area contributed by atoms with Crippen LogP contribution in [0.5, 0.6) is 0 Å². The maximum absolute atomic E-state index is 13.7. The summed E-state index contributed by atoms with van der Waals surface area (Å²) in [5.74, 6) is -1.88. The van der Waals surface area contributed by atoms with Crippen LogP contribution in [0, 0.1) is 17.1 Å². The van der Waals surface area contributed by atoms with E-state index < -0.39 is 17.0 Å². The Morgan fingerprint density at radius 1 is 1.36 bits per heavy atom. The molecule has 8 nitrogen and oxygen atoms in total. The first kappa shape index (κ1) is 21.1. The number of H-pyrrole nitrogens is 1. The Labute approximate surface area is 188 Å². The molecule has 3 heterocycles. The molecule has 4 aromatic rings. The third-order valence-corrected chi connectivity index (χ3v) is 6.60. The second-order valence-corrected chi connectivity index (χ2v) is 9.40. The van der Waals surface area contributed by atoms with Crippen LogP contribution >= 0.6 is 0 Å². The SMILES string of the molecule is CC(C)(CC#N)c1c([C@H]2C[C@](O)(C(=O)O)C2)c2nc3[nH]ncc3cc2n1-c1ccc(F)cc1. The highest BCUT2D eigenvalue weighted by Gasteiger charge is 2.52. The zero-order chi connectivity index (χ0) is 23.5. The van der Waals surface area contributed by atoms with Crippen molar-refractivity contribution in [1.29, 1.82) is 5.26 Å². The fourth-order valence-electron chi connectivity index (χ4n) is 4.92. The molecule has 0 radical (unpaired) electrons. The second-order valence-electron chi connectivity index (χ2n) is 9.40. The lowest BCUT2D eigenvalue weighted by atomic mass is 9.66. The van der Waals surface area contributed by atoms with Crippen molar-refractivity contribution in [1.82, 2.24) is 19.7 Å². The van der Waals surface area contributed by atoms with Gasteiger partial charge in [-0.15, -0.1) is 0 Å². The molecule has 168 valence electrons. The van der Waals surface area contributed by atoms with Gasteiger partial charge in [0.2, 0.25) is 0 Å². The van der Waals surface area contributed by atoms with Crippen LogP contribution in [0.2, 0.25) is 0 Å². The van der Waals surface area contributed by atoms with Gasteiger partial charge in [-0.2, -0.15) is 10.4 Å². The third kappa shape index (κ3) is 3.17. The molecule has 0 aliphatic heterocycles. The van der Waals surface area contributed by atoms with Gasteiger partial charge in [0, 0.05) is 34.2 Å².